The lowest BCUT2D eigenvalue weighted by atomic mass is 10.2. The lowest BCUT2D eigenvalue weighted by molar-refractivity contribution is -0.130. The fraction of sp³-hybridized carbons (Fsp3) is 0.385. The molecule has 1 heterocycles. The number of nitrogens with one attached hydrogen (secondary N) is 1. The van der Waals surface area contributed by atoms with E-state index in [9.17, 15) is 14.0 Å². The lowest BCUT2D eigenvalue weighted by Gasteiger charge is -2.34. The van der Waals surface area contributed by atoms with Crippen molar-refractivity contribution in [1.29, 1.82) is 0 Å². The van der Waals surface area contributed by atoms with Crippen molar-refractivity contribution in [3.05, 3.63) is 35.6 Å². The van der Waals surface area contributed by atoms with Gasteiger partial charge in [-0.05, 0) is 18.2 Å². The number of carbonyl (C=O) groups is 2. The van der Waals surface area contributed by atoms with Gasteiger partial charge in [-0.3, -0.25) is 15.0 Å². The first-order valence-electron chi connectivity index (χ1n) is 6.13. The van der Waals surface area contributed by atoms with Crippen LogP contribution in [0.15, 0.2) is 24.3 Å². The number of nitrogens with zero attached hydrogens (tertiary/aromatic N) is 2. The van der Waals surface area contributed by atoms with Gasteiger partial charge in [0.25, 0.3) is 5.91 Å². The van der Waals surface area contributed by atoms with E-state index >= 15 is 0 Å². The monoisotopic (exact) mass is 265 g/mol. The maximum atomic E-state index is 13.0. The van der Waals surface area contributed by atoms with E-state index in [1.165, 1.54) is 25.1 Å². The summed E-state index contributed by atoms with van der Waals surface area (Å²) in [6.45, 7) is 3.83. The molecule has 0 saturated carbocycles. The molecule has 1 aliphatic heterocycles. The maximum absolute atomic E-state index is 13.0. The van der Waals surface area contributed by atoms with E-state index in [2.05, 4.69) is 5.43 Å². The van der Waals surface area contributed by atoms with Crippen LogP contribution in [0.25, 0.3) is 0 Å². The van der Waals surface area contributed by atoms with Gasteiger partial charge in [-0.15, -0.1) is 0 Å². The van der Waals surface area contributed by atoms with Crippen molar-refractivity contribution < 1.29 is 14.0 Å². The van der Waals surface area contributed by atoms with E-state index in [0.29, 0.717) is 26.2 Å². The Morgan fingerprint density at radius 2 is 1.89 bits per heavy atom. The van der Waals surface area contributed by atoms with E-state index in [1.54, 1.807) is 16.0 Å². The van der Waals surface area contributed by atoms with Crippen LogP contribution in [0.3, 0.4) is 0 Å². The standard InChI is InChI=1S/C13H16FN3O2/c1-10(18)16-5-7-17(8-6-16)15-13(19)11-3-2-4-12(14)9-11/h2-4,9H,5-8H2,1H3,(H,15,19). The number of carbonyl (C=O) groups excluding carboxylic acids is 2. The summed E-state index contributed by atoms with van der Waals surface area (Å²) >= 11 is 0. The Labute approximate surface area is 111 Å². The molecule has 1 N–H and O–H groups in total. The molecule has 1 saturated heterocycles. The number of amides is 2. The van der Waals surface area contributed by atoms with Crippen molar-refractivity contribution in [2.24, 2.45) is 0 Å². The molecule has 2 amide bonds. The van der Waals surface area contributed by atoms with Crippen LogP contribution < -0.4 is 5.43 Å². The topological polar surface area (TPSA) is 52.7 Å². The molecule has 5 nitrogen and oxygen atoms in total. The van der Waals surface area contributed by atoms with Crippen LogP contribution in [-0.4, -0.2) is 47.9 Å². The summed E-state index contributed by atoms with van der Waals surface area (Å²) < 4.78 is 13.0. The fourth-order valence-corrected chi connectivity index (χ4v) is 1.97. The van der Waals surface area contributed by atoms with Gasteiger partial charge in [0.1, 0.15) is 5.82 Å². The predicted molar refractivity (Wildman–Crippen MR) is 67.7 cm³/mol. The van der Waals surface area contributed by atoms with E-state index in [4.69, 9.17) is 0 Å². The number of rotatable bonds is 2. The van der Waals surface area contributed by atoms with Crippen molar-refractivity contribution in [2.45, 2.75) is 6.92 Å². The Morgan fingerprint density at radius 1 is 1.21 bits per heavy atom. The molecule has 0 aromatic heterocycles. The first kappa shape index (κ1) is 13.5. The Bertz CT molecular complexity index is 485. The second-order valence-electron chi connectivity index (χ2n) is 4.44. The number of hydrogen-bond acceptors (Lipinski definition) is 3. The zero-order valence-electron chi connectivity index (χ0n) is 10.7. The van der Waals surface area contributed by atoms with Gasteiger partial charge in [0.2, 0.25) is 5.91 Å². The Kier molecular flexibility index (Phi) is 4.11. The first-order valence-corrected chi connectivity index (χ1v) is 6.13. The van der Waals surface area contributed by atoms with Crippen molar-refractivity contribution in [1.82, 2.24) is 15.3 Å². The molecule has 0 radical (unpaired) electrons. The molecule has 1 aromatic carbocycles. The maximum Gasteiger partial charge on any atom is 0.265 e. The van der Waals surface area contributed by atoms with Crippen LogP contribution in [0.5, 0.6) is 0 Å². The van der Waals surface area contributed by atoms with Crippen LogP contribution in [-0.2, 0) is 4.79 Å². The molecule has 1 fully saturated rings. The van der Waals surface area contributed by atoms with E-state index in [0.717, 1.165) is 0 Å². The molecule has 102 valence electrons. The SMILES string of the molecule is CC(=O)N1CCN(NC(=O)c2cccc(F)c2)CC1. The smallest absolute Gasteiger partial charge is 0.265 e. The Hall–Kier alpha value is -1.95. The van der Waals surface area contributed by atoms with E-state index < -0.39 is 5.82 Å². The predicted octanol–water partition coefficient (Wildman–Crippen LogP) is 0.635. The quantitative estimate of drug-likeness (QED) is 0.853. The third-order valence-electron chi connectivity index (χ3n) is 3.07. The van der Waals surface area contributed by atoms with Crippen LogP contribution >= 0.6 is 0 Å². The van der Waals surface area contributed by atoms with Gasteiger partial charge < -0.3 is 4.90 Å². The third kappa shape index (κ3) is 3.51. The van der Waals surface area contributed by atoms with Crippen LogP contribution in [0.1, 0.15) is 17.3 Å². The average molecular weight is 265 g/mol. The summed E-state index contributed by atoms with van der Waals surface area (Å²) in [5.41, 5.74) is 3.00. The highest BCUT2D eigenvalue weighted by atomic mass is 19.1. The third-order valence-corrected chi connectivity index (χ3v) is 3.07. The summed E-state index contributed by atoms with van der Waals surface area (Å²) in [5.74, 6) is -0.735. The molecule has 0 spiro atoms. The molecule has 6 heteroatoms. The number of halogens is 1. The molecule has 0 aliphatic carbocycles. The van der Waals surface area contributed by atoms with Crippen LogP contribution in [0.2, 0.25) is 0 Å². The Morgan fingerprint density at radius 3 is 2.47 bits per heavy atom. The van der Waals surface area contributed by atoms with E-state index in [-0.39, 0.29) is 17.4 Å². The second-order valence-corrected chi connectivity index (χ2v) is 4.44. The Balaban J connectivity index is 1.89. The molecule has 0 bridgehead atoms. The number of piperazine rings is 1. The van der Waals surface area contributed by atoms with E-state index in [1.807, 2.05) is 0 Å². The summed E-state index contributed by atoms with van der Waals surface area (Å²) in [6.07, 6.45) is 0. The molecule has 1 aliphatic rings. The number of hydrazine groups is 1. The molecular weight excluding hydrogens is 249 g/mol. The minimum absolute atomic E-state index is 0.0381. The zero-order valence-corrected chi connectivity index (χ0v) is 10.7. The van der Waals surface area contributed by atoms with Gasteiger partial charge in [0.05, 0.1) is 0 Å². The highest BCUT2D eigenvalue weighted by Crippen LogP contribution is 2.05. The van der Waals surface area contributed by atoms with Crippen molar-refractivity contribution >= 4 is 11.8 Å². The summed E-state index contributed by atoms with van der Waals surface area (Å²) in [7, 11) is 0. The van der Waals surface area contributed by atoms with Crippen molar-refractivity contribution in [3.63, 3.8) is 0 Å². The van der Waals surface area contributed by atoms with Gasteiger partial charge in [-0.1, -0.05) is 6.07 Å². The normalized spacial score (nSPS) is 16.2. The van der Waals surface area contributed by atoms with Gasteiger partial charge in [-0.25, -0.2) is 9.40 Å². The fourth-order valence-electron chi connectivity index (χ4n) is 1.97. The minimum Gasteiger partial charge on any atom is -0.340 e. The van der Waals surface area contributed by atoms with Gasteiger partial charge >= 0.3 is 0 Å². The largest absolute Gasteiger partial charge is 0.340 e. The van der Waals surface area contributed by atoms with Gasteiger partial charge in [-0.2, -0.15) is 0 Å². The first-order chi connectivity index (χ1) is 9.06. The minimum atomic E-state index is -0.436. The summed E-state index contributed by atoms with van der Waals surface area (Å²) in [6, 6.07) is 5.55. The molecule has 0 atom stereocenters. The summed E-state index contributed by atoms with van der Waals surface area (Å²) in [4.78, 5) is 24.8. The van der Waals surface area contributed by atoms with Gasteiger partial charge in [0, 0.05) is 38.7 Å². The molecule has 1 aromatic rings. The molecule has 19 heavy (non-hydrogen) atoms. The molecule has 0 unspecified atom stereocenters. The highest BCUT2D eigenvalue weighted by Gasteiger charge is 2.20. The number of benzene rings is 1. The number of hydrogen-bond donors (Lipinski definition) is 1. The second kappa shape index (κ2) is 5.79. The molecular formula is C13H16FN3O2. The molecule has 2 rings (SSSR count). The zero-order chi connectivity index (χ0) is 13.8. The van der Waals surface area contributed by atoms with Crippen LogP contribution in [0, 0.1) is 5.82 Å². The summed E-state index contributed by atoms with van der Waals surface area (Å²) in [5, 5.41) is 1.74. The average Bonchev–Trinajstić information content (AvgIpc) is 2.39. The van der Waals surface area contributed by atoms with Crippen molar-refractivity contribution in [3.8, 4) is 0 Å². The highest BCUT2D eigenvalue weighted by molar-refractivity contribution is 5.93. The van der Waals surface area contributed by atoms with Crippen LogP contribution in [0.4, 0.5) is 4.39 Å². The van der Waals surface area contributed by atoms with Crippen molar-refractivity contribution in [2.75, 3.05) is 26.2 Å². The van der Waals surface area contributed by atoms with Gasteiger partial charge in [0.15, 0.2) is 0 Å². The lowest BCUT2D eigenvalue weighted by Crippen LogP contribution is -2.54.